The summed E-state index contributed by atoms with van der Waals surface area (Å²) >= 11 is 0. The first kappa shape index (κ1) is 76.9. The average molecular weight is 1390 g/mol. The molecule has 0 fully saturated rings. The monoisotopic (exact) mass is 1380 g/mol. The fraction of sp³-hybridized carbons (Fsp3) is 0.429. The Morgan fingerprint density at radius 3 is 1.40 bits per heavy atom. The molecule has 2 aliphatic rings. The van der Waals surface area contributed by atoms with Crippen LogP contribution in [0.25, 0.3) is 10.8 Å². The second kappa shape index (κ2) is 40.4. The van der Waals surface area contributed by atoms with Gasteiger partial charge in [0, 0.05) is 76.8 Å². The number of aliphatic imine (C=N–C) groups is 2. The van der Waals surface area contributed by atoms with E-state index in [2.05, 4.69) is 63.2 Å². The average Bonchev–Trinajstić information content (AvgIpc) is 0.803. The molecule has 24 N–H and O–H groups in total. The number of anilines is 2. The molecule has 94 heavy (non-hydrogen) atoms. The van der Waals surface area contributed by atoms with Gasteiger partial charge >= 0.3 is 11.9 Å². The Morgan fingerprint density at radius 2 is 0.936 bits per heavy atom. The Kier molecular flexibility index (Phi) is 33.1. The molecule has 3 aromatic carbocycles. The van der Waals surface area contributed by atoms with Gasteiger partial charge in [0.2, 0.25) is 59.1 Å². The van der Waals surface area contributed by atoms with E-state index in [4.69, 9.17) is 34.4 Å². The second-order valence-corrected chi connectivity index (χ2v) is 25.8. The highest BCUT2D eigenvalue weighted by molar-refractivity contribution is 8.77. The van der Waals surface area contributed by atoms with Crippen LogP contribution in [0, 0.1) is 0 Å². The third-order valence-corrected chi connectivity index (χ3v) is 18.0. The maximum Gasteiger partial charge on any atom is 0.305 e. The van der Waals surface area contributed by atoms with Gasteiger partial charge in [-0.25, -0.2) is 0 Å². The molecule has 510 valence electrons. The number of hydrogen-bond donors (Lipinski definition) is 18. The molecule has 34 nitrogen and oxygen atoms in total. The van der Waals surface area contributed by atoms with Gasteiger partial charge in [0.05, 0.1) is 25.9 Å². The summed E-state index contributed by atoms with van der Waals surface area (Å²) in [7, 11) is 4.95. The van der Waals surface area contributed by atoms with Crippen LogP contribution in [0.1, 0.15) is 84.9 Å². The van der Waals surface area contributed by atoms with Gasteiger partial charge in [-0.05, 0) is 74.2 Å². The molecule has 0 saturated carbocycles. The third kappa shape index (κ3) is 28.9. The minimum atomic E-state index is -1.57. The minimum absolute atomic E-state index is 0.00930. The molecule has 4 bridgehead atoms. The number of primary amides is 2. The van der Waals surface area contributed by atoms with Crippen molar-refractivity contribution in [3.63, 3.8) is 0 Å². The Labute approximate surface area is 553 Å². The summed E-state index contributed by atoms with van der Waals surface area (Å²) in [6, 6.07) is 8.02. The van der Waals surface area contributed by atoms with Crippen molar-refractivity contribution in [2.45, 2.75) is 100 Å². The zero-order chi connectivity index (χ0) is 69.3. The van der Waals surface area contributed by atoms with Gasteiger partial charge in [0.25, 0.3) is 11.8 Å². The molecular formula is C56H76N18O16S4. The van der Waals surface area contributed by atoms with Crippen LogP contribution < -0.4 is 87.6 Å². The first-order chi connectivity index (χ1) is 44.7. The van der Waals surface area contributed by atoms with Gasteiger partial charge in [-0.3, -0.25) is 77.1 Å². The molecule has 3 aromatic rings. The number of hydrogen-bond acceptors (Lipinski definition) is 20. The molecule has 0 aromatic heterocycles. The number of amides is 12. The van der Waals surface area contributed by atoms with E-state index in [9.17, 15) is 77.3 Å². The number of guanidine groups is 2. The van der Waals surface area contributed by atoms with Gasteiger partial charge in [-0.2, -0.15) is 0 Å². The summed E-state index contributed by atoms with van der Waals surface area (Å²) in [6.45, 7) is -0.605. The standard InChI is InChI=1S/C30H39N9O8S2.C26H37N9O8S2/c31-26(44)22-15-49-48-10-8-23(40)36-19(7-3-4-9-34-30(32)33)28(46)35-14-24(41)37-21(13-25(42)43)29(47)38-20-12-17(27(45)39-22)11-16-5-1-2-6-18(16)20;27-22(40)18-13-45-44-9-7-19(36)33-16(6-1-2-8-30-26(28)29)24(42)31-12-20(37)34-17(11-21(38)39)25(43)32-15-5-3-4-14(10-15)23(41)35-18/h1-2,5-6,11-12,19,21-22H,3-4,7-10,13-15H2,(H2,31,44)(H,35,46)(H,36,40)(H,37,41)(H,38,47)(H,39,45)(H,42,43)(H4,32,33,34);3-5,10,16-18H,1-2,6-9,11-13H2,(H2,27,40)(H,31,42)(H,32,43)(H,33,36)(H,34,37)(H,35,41)(H,38,39)(H4,28,29,30). The van der Waals surface area contributed by atoms with Crippen molar-refractivity contribution in [2.24, 2.45) is 44.4 Å². The summed E-state index contributed by atoms with van der Waals surface area (Å²) in [5.74, 6) is -10.8. The van der Waals surface area contributed by atoms with Crippen molar-refractivity contribution in [3.8, 4) is 0 Å². The van der Waals surface area contributed by atoms with Crippen molar-refractivity contribution >= 4 is 160 Å². The number of nitrogens with zero attached hydrogens (tertiary/aromatic N) is 2. The zero-order valence-electron chi connectivity index (χ0n) is 50.6. The number of carbonyl (C=O) groups is 14. The van der Waals surface area contributed by atoms with Crippen LogP contribution >= 0.6 is 43.2 Å². The lowest BCUT2D eigenvalue weighted by Crippen LogP contribution is -2.51. The quantitative estimate of drug-likeness (QED) is 0.0297. The number of rotatable bonds is 16. The normalized spacial score (nSPS) is 20.6. The highest BCUT2D eigenvalue weighted by atomic mass is 33.1. The lowest BCUT2D eigenvalue weighted by atomic mass is 10.0. The molecule has 12 amide bonds. The van der Waals surface area contributed by atoms with E-state index < -0.39 is 145 Å². The summed E-state index contributed by atoms with van der Waals surface area (Å²) < 4.78 is 0. The number of carboxylic acids is 2. The van der Waals surface area contributed by atoms with Crippen molar-refractivity contribution in [3.05, 3.63) is 71.8 Å². The number of nitrogens with one attached hydrogen (secondary N) is 10. The summed E-state index contributed by atoms with van der Waals surface area (Å²) in [6.07, 6.45) is 0.755. The maximum atomic E-state index is 13.4. The predicted molar refractivity (Wildman–Crippen MR) is 355 cm³/mol. The molecule has 0 radical (unpaired) electrons. The van der Waals surface area contributed by atoms with Gasteiger partial charge in [-0.1, -0.05) is 73.5 Å². The van der Waals surface area contributed by atoms with Gasteiger partial charge in [-0.15, -0.1) is 0 Å². The van der Waals surface area contributed by atoms with Crippen LogP contribution in [0.4, 0.5) is 11.4 Å². The number of fused-ring (bicyclic) bond motifs is 6. The largest absolute Gasteiger partial charge is 0.481 e. The van der Waals surface area contributed by atoms with Crippen molar-refractivity contribution < 1.29 is 77.3 Å². The molecule has 6 unspecified atom stereocenters. The van der Waals surface area contributed by atoms with Crippen molar-refractivity contribution in [2.75, 3.05) is 59.8 Å². The number of carbonyl (C=O) groups excluding carboxylic acids is 12. The first-order valence-corrected chi connectivity index (χ1v) is 33.9. The van der Waals surface area contributed by atoms with Crippen LogP contribution in [0.3, 0.4) is 0 Å². The van der Waals surface area contributed by atoms with E-state index in [1.807, 2.05) is 0 Å². The topological polar surface area (TPSA) is 581 Å². The number of benzene rings is 3. The van der Waals surface area contributed by atoms with E-state index in [-0.39, 0.29) is 71.6 Å². The fourth-order valence-electron chi connectivity index (χ4n) is 8.47. The lowest BCUT2D eigenvalue weighted by Gasteiger charge is -2.21. The van der Waals surface area contributed by atoms with E-state index in [0.29, 0.717) is 61.1 Å². The summed E-state index contributed by atoms with van der Waals surface area (Å²) in [4.78, 5) is 184. The minimum Gasteiger partial charge on any atom is -0.481 e. The predicted octanol–water partition coefficient (Wildman–Crippen LogP) is -2.85. The Morgan fingerprint density at radius 1 is 0.479 bits per heavy atom. The second-order valence-electron chi connectivity index (χ2n) is 20.6. The summed E-state index contributed by atoms with van der Waals surface area (Å²) in [5, 5.41) is 44.7. The van der Waals surface area contributed by atoms with E-state index >= 15 is 0 Å². The number of carboxylic acid groups (broad SMARTS) is 2. The lowest BCUT2D eigenvalue weighted by molar-refractivity contribution is -0.140. The Balaban J connectivity index is 0.000000402. The molecule has 0 saturated heterocycles. The summed E-state index contributed by atoms with van der Waals surface area (Å²) in [5.41, 5.74) is 32.7. The van der Waals surface area contributed by atoms with Gasteiger partial charge in [0.1, 0.15) is 36.3 Å². The highest BCUT2D eigenvalue weighted by Gasteiger charge is 2.30. The number of aliphatic carboxylic acids is 2. The van der Waals surface area contributed by atoms with Crippen LogP contribution in [0.2, 0.25) is 0 Å². The van der Waals surface area contributed by atoms with Crippen molar-refractivity contribution in [1.29, 1.82) is 0 Å². The van der Waals surface area contributed by atoms with Crippen LogP contribution in [-0.4, -0.2) is 190 Å². The molecular weight excluding hydrogens is 1310 g/mol. The smallest absolute Gasteiger partial charge is 0.305 e. The van der Waals surface area contributed by atoms with Crippen LogP contribution in [-0.2, 0) is 57.5 Å². The Bertz CT molecular complexity index is 3320. The number of nitrogens with two attached hydrogens (primary N) is 6. The third-order valence-electron chi connectivity index (χ3n) is 13.1. The van der Waals surface area contributed by atoms with Gasteiger partial charge < -0.3 is 97.8 Å². The van der Waals surface area contributed by atoms with E-state index in [0.717, 1.165) is 0 Å². The molecule has 0 spiro atoms. The van der Waals surface area contributed by atoms with Crippen LogP contribution in [0.5, 0.6) is 0 Å². The molecule has 2 aliphatic heterocycles. The van der Waals surface area contributed by atoms with E-state index in [1.54, 1.807) is 30.3 Å². The Hall–Kier alpha value is -9.56. The highest BCUT2D eigenvalue weighted by Crippen LogP contribution is 2.28. The van der Waals surface area contributed by atoms with Crippen molar-refractivity contribution in [1.82, 2.24) is 42.5 Å². The van der Waals surface area contributed by atoms with Gasteiger partial charge in [0.15, 0.2) is 11.9 Å². The zero-order valence-corrected chi connectivity index (χ0v) is 53.8. The molecule has 2 heterocycles. The number of unbranched alkanes of at least 4 members (excludes halogenated alkanes) is 2. The molecule has 5 rings (SSSR count). The molecule has 38 heteroatoms. The SMILES string of the molecule is NC(=O)C1CSSCCC(=O)NC(CCCCN=C(N)N)C(=O)NCC(=O)NC(CC(=O)O)C(=O)Nc2cc(cc3ccccc23)C(=O)N1.NC(=O)C1CSSCCC(=O)NC(CCCCN=C(N)N)C(=O)NCC(=O)NC(CC(=O)O)C(=O)Nc2cccc(c2)C(=O)N1. The van der Waals surface area contributed by atoms with E-state index in [1.165, 1.54) is 73.5 Å². The molecule has 6 atom stereocenters. The van der Waals surface area contributed by atoms with Crippen LogP contribution in [0.15, 0.2) is 70.6 Å². The maximum absolute atomic E-state index is 13.4. The molecule has 0 aliphatic carbocycles. The fourth-order valence-corrected chi connectivity index (χ4v) is 12.8. The first-order valence-electron chi connectivity index (χ1n) is 28.9.